The molecule has 24 heavy (non-hydrogen) atoms. The molecule has 0 aliphatic rings. The third-order valence-electron chi connectivity index (χ3n) is 3.69. The molecule has 0 saturated heterocycles. The van der Waals surface area contributed by atoms with Gasteiger partial charge in [-0.2, -0.15) is 0 Å². The van der Waals surface area contributed by atoms with Gasteiger partial charge in [0.2, 0.25) is 0 Å². The molecule has 0 bridgehead atoms. The molecule has 2 unspecified atom stereocenters. The molecule has 0 spiro atoms. The molecule has 2 rings (SSSR count). The fourth-order valence-electron chi connectivity index (χ4n) is 2.39. The topological polar surface area (TPSA) is 58.6 Å². The van der Waals surface area contributed by atoms with Crippen LogP contribution in [0.25, 0.3) is 0 Å². The summed E-state index contributed by atoms with van der Waals surface area (Å²) < 4.78 is 18.4. The molecule has 128 valence electrons. The van der Waals surface area contributed by atoms with E-state index in [9.17, 15) is 14.3 Å². The van der Waals surface area contributed by atoms with Crippen LogP contribution in [-0.2, 0) is 4.79 Å². The Morgan fingerprint density at radius 3 is 2.54 bits per heavy atom. The third kappa shape index (κ3) is 5.35. The van der Waals surface area contributed by atoms with Crippen molar-refractivity contribution >= 4 is 5.91 Å². The molecule has 2 N–H and O–H groups in total. The van der Waals surface area contributed by atoms with Gasteiger partial charge in [0.15, 0.2) is 6.61 Å². The molecule has 4 nitrogen and oxygen atoms in total. The second-order valence-corrected chi connectivity index (χ2v) is 5.83. The summed E-state index contributed by atoms with van der Waals surface area (Å²) in [7, 11) is 0. The van der Waals surface area contributed by atoms with Gasteiger partial charge < -0.3 is 15.2 Å². The van der Waals surface area contributed by atoms with Gasteiger partial charge >= 0.3 is 0 Å². The van der Waals surface area contributed by atoms with Gasteiger partial charge in [0.05, 0.1) is 6.10 Å². The van der Waals surface area contributed by atoms with Crippen molar-refractivity contribution in [3.63, 3.8) is 0 Å². The standard InChI is InChI=1S/C19H22FNO3/c1-13-5-3-4-6-18(13)24-12-19(23)21-14(2)11-17(22)15-7-9-16(20)10-8-15/h3-10,14,17,22H,11-12H2,1-2H3,(H,21,23). The lowest BCUT2D eigenvalue weighted by molar-refractivity contribution is -0.123. The van der Waals surface area contributed by atoms with Gasteiger partial charge in [0.1, 0.15) is 11.6 Å². The van der Waals surface area contributed by atoms with E-state index < -0.39 is 6.10 Å². The Morgan fingerprint density at radius 1 is 1.21 bits per heavy atom. The number of aliphatic hydroxyl groups excluding tert-OH is 1. The number of carbonyl (C=O) groups is 1. The van der Waals surface area contributed by atoms with Gasteiger partial charge in [-0.1, -0.05) is 30.3 Å². The summed E-state index contributed by atoms with van der Waals surface area (Å²) in [5.41, 5.74) is 1.58. The SMILES string of the molecule is Cc1ccccc1OCC(=O)NC(C)CC(O)c1ccc(F)cc1. The van der Waals surface area contributed by atoms with Gasteiger partial charge in [0, 0.05) is 6.04 Å². The first-order valence-corrected chi connectivity index (χ1v) is 7.87. The lowest BCUT2D eigenvalue weighted by Gasteiger charge is -2.18. The summed E-state index contributed by atoms with van der Waals surface area (Å²) in [5, 5.41) is 12.9. The van der Waals surface area contributed by atoms with Crippen molar-refractivity contribution in [3.8, 4) is 5.75 Å². The molecule has 2 atom stereocenters. The van der Waals surface area contributed by atoms with Gasteiger partial charge in [0.25, 0.3) is 5.91 Å². The van der Waals surface area contributed by atoms with Gasteiger partial charge in [-0.25, -0.2) is 4.39 Å². The third-order valence-corrected chi connectivity index (χ3v) is 3.69. The summed E-state index contributed by atoms with van der Waals surface area (Å²) in [6.07, 6.45) is -0.431. The Labute approximate surface area is 141 Å². The number of para-hydroxylation sites is 1. The number of benzene rings is 2. The molecule has 0 fully saturated rings. The summed E-state index contributed by atoms with van der Waals surface area (Å²) >= 11 is 0. The van der Waals surface area contributed by atoms with Crippen LogP contribution < -0.4 is 10.1 Å². The molecule has 0 aromatic heterocycles. The maximum atomic E-state index is 12.9. The highest BCUT2D eigenvalue weighted by Gasteiger charge is 2.15. The smallest absolute Gasteiger partial charge is 0.258 e. The van der Waals surface area contributed by atoms with Crippen molar-refractivity contribution < 1.29 is 19.0 Å². The number of halogens is 1. The van der Waals surface area contributed by atoms with Crippen molar-refractivity contribution in [2.24, 2.45) is 0 Å². The first-order valence-electron chi connectivity index (χ1n) is 7.87. The Hall–Kier alpha value is -2.40. The van der Waals surface area contributed by atoms with Crippen molar-refractivity contribution in [2.75, 3.05) is 6.61 Å². The number of aryl methyl sites for hydroxylation is 1. The second-order valence-electron chi connectivity index (χ2n) is 5.83. The first-order chi connectivity index (χ1) is 11.5. The Bertz CT molecular complexity index is 673. The van der Waals surface area contributed by atoms with Gasteiger partial charge in [-0.3, -0.25) is 4.79 Å². The Balaban J connectivity index is 1.79. The monoisotopic (exact) mass is 331 g/mol. The van der Waals surface area contributed by atoms with Crippen LogP contribution in [0.4, 0.5) is 4.39 Å². The molecule has 0 aliphatic carbocycles. The molecule has 2 aromatic rings. The van der Waals surface area contributed by atoms with Gasteiger partial charge in [-0.05, 0) is 49.6 Å². The van der Waals surface area contributed by atoms with Crippen molar-refractivity contribution in [3.05, 3.63) is 65.5 Å². The average molecular weight is 331 g/mol. The summed E-state index contributed by atoms with van der Waals surface area (Å²) in [6.45, 7) is 3.63. The van der Waals surface area contributed by atoms with Crippen LogP contribution in [0.5, 0.6) is 5.75 Å². The lowest BCUT2D eigenvalue weighted by atomic mass is 10.0. The summed E-state index contributed by atoms with van der Waals surface area (Å²) in [5.74, 6) is 0.0735. The second kappa shape index (κ2) is 8.45. The normalized spacial score (nSPS) is 13.2. The van der Waals surface area contributed by atoms with E-state index in [1.54, 1.807) is 6.92 Å². The van der Waals surface area contributed by atoms with Crippen LogP contribution in [0.15, 0.2) is 48.5 Å². The molecule has 2 aromatic carbocycles. The number of ether oxygens (including phenoxy) is 1. The molecular formula is C19H22FNO3. The van der Waals surface area contributed by atoms with E-state index in [-0.39, 0.29) is 24.4 Å². The molecule has 0 heterocycles. The van der Waals surface area contributed by atoms with Gasteiger partial charge in [-0.15, -0.1) is 0 Å². The number of hydrogen-bond donors (Lipinski definition) is 2. The minimum Gasteiger partial charge on any atom is -0.484 e. The van der Waals surface area contributed by atoms with Crippen LogP contribution in [0.1, 0.15) is 30.6 Å². The van der Waals surface area contributed by atoms with E-state index in [1.807, 2.05) is 31.2 Å². The van der Waals surface area contributed by atoms with E-state index in [4.69, 9.17) is 4.74 Å². The minimum atomic E-state index is -0.766. The van der Waals surface area contributed by atoms with Crippen LogP contribution in [-0.4, -0.2) is 23.7 Å². The Kier molecular flexibility index (Phi) is 6.32. The molecule has 1 amide bonds. The molecule has 0 aliphatic heterocycles. The highest BCUT2D eigenvalue weighted by atomic mass is 19.1. The zero-order valence-electron chi connectivity index (χ0n) is 13.8. The number of carbonyl (C=O) groups excluding carboxylic acids is 1. The quantitative estimate of drug-likeness (QED) is 0.819. The molecular weight excluding hydrogens is 309 g/mol. The number of nitrogens with one attached hydrogen (secondary N) is 1. The highest BCUT2D eigenvalue weighted by molar-refractivity contribution is 5.77. The van der Waals surface area contributed by atoms with E-state index >= 15 is 0 Å². The van der Waals surface area contributed by atoms with E-state index in [0.717, 1.165) is 5.56 Å². The van der Waals surface area contributed by atoms with Crippen LogP contribution in [0.3, 0.4) is 0 Å². The molecule has 0 radical (unpaired) electrons. The number of amides is 1. The number of rotatable bonds is 7. The lowest BCUT2D eigenvalue weighted by Crippen LogP contribution is -2.37. The largest absolute Gasteiger partial charge is 0.484 e. The van der Waals surface area contributed by atoms with E-state index in [1.165, 1.54) is 24.3 Å². The van der Waals surface area contributed by atoms with E-state index in [0.29, 0.717) is 17.7 Å². The first kappa shape index (κ1) is 17.9. The predicted molar refractivity (Wildman–Crippen MR) is 90.3 cm³/mol. The summed E-state index contributed by atoms with van der Waals surface area (Å²) in [4.78, 5) is 11.9. The Morgan fingerprint density at radius 2 is 1.88 bits per heavy atom. The maximum absolute atomic E-state index is 12.9. The van der Waals surface area contributed by atoms with Crippen molar-refractivity contribution in [1.29, 1.82) is 0 Å². The highest BCUT2D eigenvalue weighted by Crippen LogP contribution is 2.19. The summed E-state index contributed by atoms with van der Waals surface area (Å²) in [6, 6.07) is 12.9. The molecule has 5 heteroatoms. The van der Waals surface area contributed by atoms with Crippen molar-refractivity contribution in [2.45, 2.75) is 32.4 Å². The van der Waals surface area contributed by atoms with E-state index in [2.05, 4.69) is 5.32 Å². The minimum absolute atomic E-state index is 0.0815. The fourth-order valence-corrected chi connectivity index (χ4v) is 2.39. The zero-order valence-corrected chi connectivity index (χ0v) is 13.8. The average Bonchev–Trinajstić information content (AvgIpc) is 2.54. The van der Waals surface area contributed by atoms with Crippen LogP contribution in [0, 0.1) is 12.7 Å². The van der Waals surface area contributed by atoms with Crippen LogP contribution >= 0.6 is 0 Å². The number of hydrogen-bond acceptors (Lipinski definition) is 3. The fraction of sp³-hybridized carbons (Fsp3) is 0.316. The van der Waals surface area contributed by atoms with Crippen LogP contribution in [0.2, 0.25) is 0 Å². The van der Waals surface area contributed by atoms with Crippen molar-refractivity contribution in [1.82, 2.24) is 5.32 Å². The predicted octanol–water partition coefficient (Wildman–Crippen LogP) is 3.14. The molecule has 0 saturated carbocycles. The number of aliphatic hydroxyl groups is 1. The zero-order chi connectivity index (χ0) is 17.5. The maximum Gasteiger partial charge on any atom is 0.258 e.